The van der Waals surface area contributed by atoms with Crippen molar-refractivity contribution in [3.63, 3.8) is 0 Å². The molecule has 2 aromatic rings. The van der Waals surface area contributed by atoms with Crippen molar-refractivity contribution in [3.8, 4) is 17.5 Å². The third-order valence-corrected chi connectivity index (χ3v) is 14.1. The Morgan fingerprint density at radius 2 is 1.93 bits per heavy atom. The summed E-state index contributed by atoms with van der Waals surface area (Å²) >= 11 is 0. The largest absolute Gasteiger partial charge is 0.494 e. The van der Waals surface area contributed by atoms with E-state index in [4.69, 9.17) is 14.2 Å². The van der Waals surface area contributed by atoms with E-state index >= 15 is 4.39 Å². The number of nitrogens with one attached hydrogen (secondary N) is 3. The number of carboxylic acid groups (broad SMARTS) is 1. The van der Waals surface area contributed by atoms with Crippen LogP contribution in [0.15, 0.2) is 24.3 Å². The lowest BCUT2D eigenvalue weighted by Crippen LogP contribution is -2.59. The molecule has 55 heavy (non-hydrogen) atoms. The van der Waals surface area contributed by atoms with Crippen LogP contribution in [0, 0.1) is 23.6 Å². The van der Waals surface area contributed by atoms with Crippen LogP contribution in [0.3, 0.4) is 0 Å². The van der Waals surface area contributed by atoms with Gasteiger partial charge in [0.05, 0.1) is 25.0 Å². The molecule has 1 aromatic carbocycles. The van der Waals surface area contributed by atoms with Crippen LogP contribution >= 0.6 is 0 Å². The Morgan fingerprint density at radius 3 is 2.64 bits per heavy atom. The van der Waals surface area contributed by atoms with Gasteiger partial charge in [0.25, 0.3) is 5.91 Å². The van der Waals surface area contributed by atoms with E-state index in [0.29, 0.717) is 61.8 Å². The first-order chi connectivity index (χ1) is 26.1. The summed E-state index contributed by atoms with van der Waals surface area (Å²) in [5, 5.41) is 16.0. The molecule has 4 heterocycles. The van der Waals surface area contributed by atoms with Crippen LogP contribution in [0.4, 0.5) is 9.18 Å². The van der Waals surface area contributed by atoms with Crippen LogP contribution in [-0.2, 0) is 30.8 Å². The highest BCUT2D eigenvalue weighted by molar-refractivity contribution is 7.91. The van der Waals surface area contributed by atoms with Crippen molar-refractivity contribution in [3.05, 3.63) is 35.7 Å². The Kier molecular flexibility index (Phi) is 10.1. The zero-order valence-electron chi connectivity index (χ0n) is 31.4. The summed E-state index contributed by atoms with van der Waals surface area (Å²) in [6.07, 6.45) is 5.47. The molecule has 15 nitrogen and oxygen atoms in total. The first-order valence-electron chi connectivity index (χ1n) is 18.9. The van der Waals surface area contributed by atoms with Crippen LogP contribution in [0.2, 0.25) is 0 Å². The van der Waals surface area contributed by atoms with Crippen LogP contribution in [-0.4, -0.2) is 96.0 Å². The van der Waals surface area contributed by atoms with E-state index in [1.807, 2.05) is 19.1 Å². The number of halogens is 1. The fraction of sp³-hybridized carbons (Fsp3) is 0.605. The van der Waals surface area contributed by atoms with E-state index in [1.165, 1.54) is 18.1 Å². The van der Waals surface area contributed by atoms with Crippen molar-refractivity contribution < 1.29 is 51.3 Å². The molecule has 2 saturated carbocycles. The van der Waals surface area contributed by atoms with Gasteiger partial charge in [-0.3, -0.25) is 19.1 Å². The smallest absolute Gasteiger partial charge is 0.405 e. The molecule has 3 aliphatic heterocycles. The average molecular weight is 786 g/mol. The number of rotatable bonds is 7. The quantitative estimate of drug-likeness (QED) is 0.299. The van der Waals surface area contributed by atoms with Gasteiger partial charge in [-0.15, -0.1) is 0 Å². The molecule has 1 saturated heterocycles. The number of hydrogen-bond acceptors (Lipinski definition) is 10. The summed E-state index contributed by atoms with van der Waals surface area (Å²) in [5.74, 6) is -3.41. The molecule has 4 N–H and O–H groups in total. The van der Waals surface area contributed by atoms with Gasteiger partial charge in [0.1, 0.15) is 23.7 Å². The minimum atomic E-state index is -4.04. The number of aryl methyl sites for hydroxylation is 1. The zero-order chi connectivity index (χ0) is 39.4. The molecule has 0 spiro atoms. The number of nitrogens with zero attached hydrogens (tertiary/aromatic N) is 2. The van der Waals surface area contributed by atoms with Crippen LogP contribution in [0.1, 0.15) is 77.7 Å². The van der Waals surface area contributed by atoms with E-state index < -0.39 is 80.0 Å². The van der Waals surface area contributed by atoms with Crippen molar-refractivity contribution in [2.24, 2.45) is 17.8 Å². The van der Waals surface area contributed by atoms with Crippen LogP contribution in [0.25, 0.3) is 10.8 Å². The summed E-state index contributed by atoms with van der Waals surface area (Å²) in [6, 6.07) is 0.339. The number of carbonyl (C=O) groups excluding carboxylic acids is 3. The summed E-state index contributed by atoms with van der Waals surface area (Å²) < 4.78 is 60.1. The topological polar surface area (TPSA) is 203 Å². The molecule has 4 amide bonds. The third-order valence-electron chi connectivity index (χ3n) is 11.9. The van der Waals surface area contributed by atoms with E-state index in [0.717, 1.165) is 12.0 Å². The minimum Gasteiger partial charge on any atom is -0.494 e. The Labute approximate surface area is 318 Å². The predicted octanol–water partition coefficient (Wildman–Crippen LogP) is 3.58. The second-order valence-electron chi connectivity index (χ2n) is 16.1. The Hall–Kier alpha value is -4.67. The van der Waals surface area contributed by atoms with Gasteiger partial charge in [-0.2, -0.15) is 4.98 Å². The van der Waals surface area contributed by atoms with E-state index in [1.54, 1.807) is 19.9 Å². The summed E-state index contributed by atoms with van der Waals surface area (Å²) in [5.41, 5.74) is -0.831. The molecule has 7 rings (SSSR count). The zero-order valence-corrected chi connectivity index (χ0v) is 32.2. The van der Waals surface area contributed by atoms with Crippen LogP contribution in [0.5, 0.6) is 17.5 Å². The number of allylic oxidation sites excluding steroid dienone is 1. The average Bonchev–Trinajstić information content (AvgIpc) is 4.01. The second kappa shape index (κ2) is 14.4. The molecular formula is C38H48FN5O10S. The van der Waals surface area contributed by atoms with Crippen molar-refractivity contribution in [1.29, 1.82) is 0 Å². The molecule has 0 unspecified atom stereocenters. The SMILES string of the molecule is COc1cc2c3c(nc(O[C@@H]4C[C@H]5C(=O)N[C@]6(C(=O)NS(=O)(=O)C7(C)CC7)C[C@H]6/C=C\CC[C@@H](C)C[C@@H](C)[C@H](NC(=O)O)C(=O)N5C4)c2cc1F)OCCC3. The molecule has 5 aliphatic rings. The van der Waals surface area contributed by atoms with Crippen LogP contribution < -0.4 is 29.6 Å². The van der Waals surface area contributed by atoms with Crippen molar-refractivity contribution in [2.45, 2.75) is 107 Å². The van der Waals surface area contributed by atoms with Gasteiger partial charge in [0.15, 0.2) is 11.6 Å². The maximum Gasteiger partial charge on any atom is 0.405 e. The Balaban J connectivity index is 1.25. The second-order valence-corrected chi connectivity index (χ2v) is 18.3. The van der Waals surface area contributed by atoms with E-state index in [-0.39, 0.29) is 36.9 Å². The normalized spacial score (nSPS) is 30.9. The number of pyridine rings is 1. The third kappa shape index (κ3) is 7.38. The molecule has 0 radical (unpaired) electrons. The molecule has 0 bridgehead atoms. The van der Waals surface area contributed by atoms with Crippen molar-refractivity contribution >= 4 is 44.6 Å². The highest BCUT2D eigenvalue weighted by Gasteiger charge is 2.63. The van der Waals surface area contributed by atoms with E-state index in [2.05, 4.69) is 20.3 Å². The molecule has 3 fully saturated rings. The first kappa shape index (κ1) is 38.6. The summed E-state index contributed by atoms with van der Waals surface area (Å²) in [4.78, 5) is 60.7. The Morgan fingerprint density at radius 1 is 1.16 bits per heavy atom. The molecule has 7 atom stereocenters. The van der Waals surface area contributed by atoms with Gasteiger partial charge in [-0.25, -0.2) is 17.6 Å². The number of hydrogen-bond donors (Lipinski definition) is 4. The number of amides is 4. The van der Waals surface area contributed by atoms with Gasteiger partial charge in [0, 0.05) is 23.3 Å². The first-order valence-corrected chi connectivity index (χ1v) is 20.4. The summed E-state index contributed by atoms with van der Waals surface area (Å²) in [7, 11) is -2.68. The van der Waals surface area contributed by atoms with Gasteiger partial charge in [0.2, 0.25) is 33.6 Å². The molecule has 1 aromatic heterocycles. The maximum atomic E-state index is 15.2. The molecule has 298 valence electrons. The standard InChI is InChI=1S/C38H48FN5O10S/c1-20-8-5-6-9-22-18-38(22,35(47)43-55(50,51)37(3)11-12-37)42-31(45)28-15-23(19-44(28)34(46)30(21(2)14-20)40-36(48)49)54-33-26-16-27(39)29(52-4)17-25(26)24-10-7-13-53-32(24)41-33/h6,9,16-17,20-23,28,30,40H,5,7-8,10-15,18-19H2,1-4H3,(H,42,45)(H,43,47)(H,48,49)/b9-6-/t20-,21-,22-,23-,28+,30+,38-/m1/s1. The van der Waals surface area contributed by atoms with Gasteiger partial charge in [-0.1, -0.05) is 26.0 Å². The minimum absolute atomic E-state index is 0.0159. The number of fused-ring (bicyclic) bond motifs is 5. The number of aromatic nitrogens is 1. The Bertz CT molecular complexity index is 2060. The number of methoxy groups -OCH3 is 1. The van der Waals surface area contributed by atoms with E-state index in [9.17, 15) is 32.7 Å². The summed E-state index contributed by atoms with van der Waals surface area (Å²) in [6.45, 7) is 5.59. The van der Waals surface area contributed by atoms with Gasteiger partial charge >= 0.3 is 6.09 Å². The lowest BCUT2D eigenvalue weighted by molar-refractivity contribution is -0.142. The predicted molar refractivity (Wildman–Crippen MR) is 197 cm³/mol. The fourth-order valence-corrected chi connectivity index (χ4v) is 9.54. The lowest BCUT2D eigenvalue weighted by Gasteiger charge is -2.32. The molecule has 17 heteroatoms. The lowest BCUT2D eigenvalue weighted by atomic mass is 9.88. The monoisotopic (exact) mass is 785 g/mol. The van der Waals surface area contributed by atoms with Gasteiger partial charge < -0.3 is 34.9 Å². The number of benzene rings is 1. The maximum absolute atomic E-state index is 15.2. The van der Waals surface area contributed by atoms with Crippen molar-refractivity contribution in [2.75, 3.05) is 20.3 Å². The molecular weight excluding hydrogens is 738 g/mol. The molecule has 2 aliphatic carbocycles. The number of carbonyl (C=O) groups is 4. The number of ether oxygens (including phenoxy) is 3. The van der Waals surface area contributed by atoms with Gasteiger partial charge in [-0.05, 0) is 87.6 Å². The fourth-order valence-electron chi connectivity index (χ4n) is 8.23. The highest BCUT2D eigenvalue weighted by atomic mass is 32.2. The number of sulfonamides is 1. The van der Waals surface area contributed by atoms with Crippen molar-refractivity contribution in [1.82, 2.24) is 25.2 Å². The highest BCUT2D eigenvalue weighted by Crippen LogP contribution is 2.48.